The summed E-state index contributed by atoms with van der Waals surface area (Å²) >= 11 is 0. The molecule has 2 N–H and O–H groups in total. The highest BCUT2D eigenvalue weighted by atomic mass is 19.1. The van der Waals surface area contributed by atoms with Gasteiger partial charge in [-0.1, -0.05) is 0 Å². The standard InChI is InChI=1S/C22H23FN4O4/c1-30-16-7-8-18(31-2)17(13-16)24-21(29)27-11-9-22(10-12-27)25-19(20(28)26-22)14-3-5-15(23)6-4-14/h3-8,13H,9-12H2,1-2H3,(H,24,29)(H,26,28). The largest absolute Gasteiger partial charge is 0.497 e. The van der Waals surface area contributed by atoms with Gasteiger partial charge in [-0.25, -0.2) is 9.18 Å². The van der Waals surface area contributed by atoms with Crippen molar-refractivity contribution in [3.8, 4) is 11.5 Å². The number of carbonyl (C=O) groups excluding carboxylic acids is 2. The molecule has 2 aliphatic rings. The Morgan fingerprint density at radius 1 is 1.13 bits per heavy atom. The number of rotatable bonds is 4. The molecule has 0 saturated carbocycles. The van der Waals surface area contributed by atoms with Crippen LogP contribution in [0.25, 0.3) is 0 Å². The highest BCUT2D eigenvalue weighted by molar-refractivity contribution is 6.46. The summed E-state index contributed by atoms with van der Waals surface area (Å²) < 4.78 is 23.7. The summed E-state index contributed by atoms with van der Waals surface area (Å²) in [5.74, 6) is 0.472. The first kappa shape index (κ1) is 20.6. The van der Waals surface area contributed by atoms with Gasteiger partial charge in [0.05, 0.1) is 19.9 Å². The summed E-state index contributed by atoms with van der Waals surface area (Å²) in [6.45, 7) is 0.831. The van der Waals surface area contributed by atoms with Gasteiger partial charge in [0, 0.05) is 37.6 Å². The van der Waals surface area contributed by atoms with Crippen LogP contribution in [0, 0.1) is 5.82 Å². The van der Waals surface area contributed by atoms with Gasteiger partial charge in [-0.2, -0.15) is 0 Å². The summed E-state index contributed by atoms with van der Waals surface area (Å²) in [5.41, 5.74) is 0.628. The molecule has 31 heavy (non-hydrogen) atoms. The molecule has 0 radical (unpaired) electrons. The van der Waals surface area contributed by atoms with E-state index in [2.05, 4.69) is 15.6 Å². The lowest BCUT2D eigenvalue weighted by Crippen LogP contribution is -2.53. The number of methoxy groups -OCH3 is 2. The molecule has 0 atom stereocenters. The fourth-order valence-electron chi connectivity index (χ4n) is 3.79. The van der Waals surface area contributed by atoms with Gasteiger partial charge in [0.15, 0.2) is 0 Å². The Balaban J connectivity index is 1.43. The zero-order chi connectivity index (χ0) is 22.0. The highest BCUT2D eigenvalue weighted by Gasteiger charge is 2.43. The number of nitrogens with zero attached hydrogens (tertiary/aromatic N) is 2. The molecule has 2 aliphatic heterocycles. The molecule has 2 heterocycles. The summed E-state index contributed by atoms with van der Waals surface area (Å²) in [6, 6.07) is 10.6. The van der Waals surface area contributed by atoms with E-state index < -0.39 is 5.66 Å². The fourth-order valence-corrected chi connectivity index (χ4v) is 3.79. The number of anilines is 1. The van der Waals surface area contributed by atoms with Gasteiger partial charge < -0.3 is 25.0 Å². The maximum absolute atomic E-state index is 13.2. The normalized spacial score (nSPS) is 17.2. The number of halogens is 1. The van der Waals surface area contributed by atoms with Crippen LogP contribution in [0.4, 0.5) is 14.9 Å². The monoisotopic (exact) mass is 426 g/mol. The summed E-state index contributed by atoms with van der Waals surface area (Å²) in [6.07, 6.45) is 0.957. The van der Waals surface area contributed by atoms with Gasteiger partial charge in [0.25, 0.3) is 5.91 Å². The zero-order valence-corrected chi connectivity index (χ0v) is 17.3. The van der Waals surface area contributed by atoms with Crippen LogP contribution in [0.5, 0.6) is 11.5 Å². The van der Waals surface area contributed by atoms with Crippen molar-refractivity contribution >= 4 is 23.3 Å². The summed E-state index contributed by atoms with van der Waals surface area (Å²) in [4.78, 5) is 31.5. The van der Waals surface area contributed by atoms with E-state index >= 15 is 0 Å². The Bertz CT molecular complexity index is 1030. The molecule has 0 unspecified atom stereocenters. The van der Waals surface area contributed by atoms with E-state index in [9.17, 15) is 14.0 Å². The van der Waals surface area contributed by atoms with Gasteiger partial charge in [-0.05, 0) is 36.4 Å². The first-order valence-corrected chi connectivity index (χ1v) is 9.89. The van der Waals surface area contributed by atoms with Crippen LogP contribution >= 0.6 is 0 Å². The molecule has 2 aromatic carbocycles. The fraction of sp³-hybridized carbons (Fsp3) is 0.318. The number of ether oxygens (including phenoxy) is 2. The number of nitrogens with one attached hydrogen (secondary N) is 2. The first-order chi connectivity index (χ1) is 14.9. The lowest BCUT2D eigenvalue weighted by atomic mass is 9.98. The molecule has 3 amide bonds. The smallest absolute Gasteiger partial charge is 0.321 e. The van der Waals surface area contributed by atoms with Gasteiger partial charge in [0.2, 0.25) is 0 Å². The topological polar surface area (TPSA) is 92.3 Å². The molecule has 2 aromatic rings. The maximum atomic E-state index is 13.2. The molecule has 1 saturated heterocycles. The van der Waals surface area contributed by atoms with Gasteiger partial charge in [-0.15, -0.1) is 0 Å². The average Bonchev–Trinajstić information content (AvgIpc) is 3.10. The average molecular weight is 426 g/mol. The van der Waals surface area contributed by atoms with Gasteiger partial charge >= 0.3 is 6.03 Å². The molecule has 1 spiro atoms. The third kappa shape index (κ3) is 4.16. The highest BCUT2D eigenvalue weighted by Crippen LogP contribution is 2.31. The van der Waals surface area contributed by atoms with E-state index in [1.54, 1.807) is 30.2 Å². The Morgan fingerprint density at radius 3 is 2.48 bits per heavy atom. The Labute approximate surface area is 179 Å². The number of hydrogen-bond donors (Lipinski definition) is 2. The Kier molecular flexibility index (Phi) is 5.50. The molecule has 162 valence electrons. The van der Waals surface area contributed by atoms with Crippen molar-refractivity contribution in [1.82, 2.24) is 10.2 Å². The second-order valence-corrected chi connectivity index (χ2v) is 7.44. The molecule has 9 heteroatoms. The second kappa shape index (κ2) is 8.25. The van der Waals surface area contributed by atoms with Crippen LogP contribution < -0.4 is 20.1 Å². The number of urea groups is 1. The lowest BCUT2D eigenvalue weighted by Gasteiger charge is -2.37. The number of likely N-dealkylation sites (tertiary alicyclic amines) is 1. The molecule has 1 fully saturated rings. The number of hydrogen-bond acceptors (Lipinski definition) is 5. The van der Waals surface area contributed by atoms with Crippen LogP contribution in [-0.2, 0) is 4.79 Å². The lowest BCUT2D eigenvalue weighted by molar-refractivity contribution is -0.115. The molecule has 8 nitrogen and oxygen atoms in total. The van der Waals surface area contributed by atoms with E-state index in [1.165, 1.54) is 31.4 Å². The number of amides is 3. The molecular weight excluding hydrogens is 403 g/mol. The quantitative estimate of drug-likeness (QED) is 0.787. The third-order valence-corrected chi connectivity index (χ3v) is 5.53. The molecular formula is C22H23FN4O4. The van der Waals surface area contributed by atoms with Crippen LogP contribution in [0.15, 0.2) is 47.5 Å². The Hall–Kier alpha value is -3.62. The molecule has 0 aromatic heterocycles. The number of piperidine rings is 1. The summed E-state index contributed by atoms with van der Waals surface area (Å²) in [7, 11) is 3.08. The van der Waals surface area contributed by atoms with Crippen molar-refractivity contribution < 1.29 is 23.5 Å². The number of benzene rings is 2. The van der Waals surface area contributed by atoms with Crippen molar-refractivity contribution in [2.75, 3.05) is 32.6 Å². The SMILES string of the molecule is COc1ccc(OC)c(NC(=O)N2CCC3(CC2)N=C(c2ccc(F)cc2)C(=O)N3)c1. The van der Waals surface area contributed by atoms with E-state index in [4.69, 9.17) is 9.47 Å². The van der Waals surface area contributed by atoms with Crippen molar-refractivity contribution in [3.63, 3.8) is 0 Å². The predicted molar refractivity (Wildman–Crippen MR) is 113 cm³/mol. The predicted octanol–water partition coefficient (Wildman–Crippen LogP) is 2.79. The number of carbonyl (C=O) groups is 2. The third-order valence-electron chi connectivity index (χ3n) is 5.53. The minimum absolute atomic E-state index is 0.270. The second-order valence-electron chi connectivity index (χ2n) is 7.44. The number of aliphatic imine (C=N–C) groups is 1. The first-order valence-electron chi connectivity index (χ1n) is 9.89. The van der Waals surface area contributed by atoms with Crippen molar-refractivity contribution in [3.05, 3.63) is 53.8 Å². The van der Waals surface area contributed by atoms with Gasteiger partial charge in [0.1, 0.15) is 28.7 Å². The Morgan fingerprint density at radius 2 is 1.84 bits per heavy atom. The molecule has 0 aliphatic carbocycles. The summed E-state index contributed by atoms with van der Waals surface area (Å²) in [5, 5.41) is 5.80. The van der Waals surface area contributed by atoms with Gasteiger partial charge in [-0.3, -0.25) is 9.79 Å². The minimum Gasteiger partial charge on any atom is -0.497 e. The van der Waals surface area contributed by atoms with Crippen LogP contribution in [-0.4, -0.2) is 55.5 Å². The zero-order valence-electron chi connectivity index (χ0n) is 17.3. The van der Waals surface area contributed by atoms with E-state index in [-0.39, 0.29) is 17.8 Å². The van der Waals surface area contributed by atoms with Crippen molar-refractivity contribution in [2.24, 2.45) is 4.99 Å². The van der Waals surface area contributed by atoms with Crippen LogP contribution in [0.1, 0.15) is 18.4 Å². The van der Waals surface area contributed by atoms with E-state index in [0.29, 0.717) is 54.4 Å². The van der Waals surface area contributed by atoms with Crippen LogP contribution in [0.3, 0.4) is 0 Å². The van der Waals surface area contributed by atoms with Crippen molar-refractivity contribution in [2.45, 2.75) is 18.5 Å². The van der Waals surface area contributed by atoms with E-state index in [1.807, 2.05) is 0 Å². The van der Waals surface area contributed by atoms with E-state index in [0.717, 1.165) is 0 Å². The maximum Gasteiger partial charge on any atom is 0.321 e. The molecule has 0 bridgehead atoms. The minimum atomic E-state index is -0.745. The van der Waals surface area contributed by atoms with Crippen molar-refractivity contribution in [1.29, 1.82) is 0 Å². The van der Waals surface area contributed by atoms with Crippen LogP contribution in [0.2, 0.25) is 0 Å². The molecule has 4 rings (SSSR count).